The zero-order valence-corrected chi connectivity index (χ0v) is 24.1. The number of halogens is 2. The minimum Gasteiger partial charge on any atom is -0.350 e. The molecule has 220 valence electrons. The Labute approximate surface area is 233 Å². The Morgan fingerprint density at radius 3 is 2.58 bits per heavy atom. The van der Waals surface area contributed by atoms with E-state index in [0.717, 1.165) is 65.0 Å². The fraction of sp³-hybridized carbons (Fsp3) is 0.962. The highest BCUT2D eigenvalue weighted by Crippen LogP contribution is 2.25. The molecule has 7 unspecified atom stereocenters. The van der Waals surface area contributed by atoms with Crippen molar-refractivity contribution in [3.8, 4) is 0 Å². The Bertz CT molecular complexity index is 752. The molecule has 1 amide bonds. The van der Waals surface area contributed by atoms with Crippen LogP contribution in [0.3, 0.4) is 0 Å². The first-order valence-corrected chi connectivity index (χ1v) is 15.2. The maximum atomic E-state index is 14.4. The Morgan fingerprint density at radius 2 is 1.82 bits per heavy atom. The van der Waals surface area contributed by atoms with Gasteiger partial charge in [-0.2, -0.15) is 0 Å². The van der Waals surface area contributed by atoms with Crippen LogP contribution >= 0.6 is 11.6 Å². The first kappa shape index (κ1) is 30.3. The SMILES string of the molecule is CCCCCCN1CC(F)CNC1C(C(=O)NC1CNCC(Cl)C1N1CCN2CCN(C)CC2C1)C(N)N. The lowest BCUT2D eigenvalue weighted by molar-refractivity contribution is -0.131. The van der Waals surface area contributed by atoms with E-state index >= 15 is 0 Å². The molecule has 0 aliphatic carbocycles. The van der Waals surface area contributed by atoms with Crippen molar-refractivity contribution in [2.75, 3.05) is 79.0 Å². The highest BCUT2D eigenvalue weighted by molar-refractivity contribution is 6.21. The number of likely N-dealkylation sites (N-methyl/N-ethyl adjacent to an activating group) is 1. The third-order valence-electron chi connectivity index (χ3n) is 8.89. The van der Waals surface area contributed by atoms with Gasteiger partial charge in [0.25, 0.3) is 0 Å². The lowest BCUT2D eigenvalue weighted by Gasteiger charge is -2.51. The minimum absolute atomic E-state index is 0.0191. The van der Waals surface area contributed by atoms with Gasteiger partial charge in [-0.15, -0.1) is 11.6 Å². The summed E-state index contributed by atoms with van der Waals surface area (Å²) in [5, 5.41) is 9.81. The van der Waals surface area contributed by atoms with Crippen molar-refractivity contribution in [3.63, 3.8) is 0 Å². The molecule has 4 heterocycles. The van der Waals surface area contributed by atoms with Crippen molar-refractivity contribution < 1.29 is 9.18 Å². The number of piperidine rings is 1. The van der Waals surface area contributed by atoms with Gasteiger partial charge in [0.15, 0.2) is 0 Å². The summed E-state index contributed by atoms with van der Waals surface area (Å²) in [6.45, 7) is 10.9. The molecule has 0 saturated carbocycles. The molecule has 4 aliphatic rings. The number of hydrogen-bond acceptors (Lipinski definition) is 9. The number of nitrogens with one attached hydrogen (secondary N) is 3. The van der Waals surface area contributed by atoms with Gasteiger partial charge < -0.3 is 27.0 Å². The Morgan fingerprint density at radius 1 is 1.05 bits per heavy atom. The Kier molecular flexibility index (Phi) is 11.4. The van der Waals surface area contributed by atoms with E-state index in [9.17, 15) is 9.18 Å². The van der Waals surface area contributed by atoms with Crippen molar-refractivity contribution in [2.45, 2.75) is 74.6 Å². The molecular weight excluding hydrogens is 509 g/mol. The number of nitrogens with two attached hydrogens (primary N) is 2. The number of fused-ring (bicyclic) bond motifs is 1. The van der Waals surface area contributed by atoms with Crippen LogP contribution in [0.2, 0.25) is 0 Å². The molecule has 12 heteroatoms. The molecule has 0 bridgehead atoms. The van der Waals surface area contributed by atoms with Gasteiger partial charge in [0.1, 0.15) is 6.17 Å². The fourth-order valence-corrected chi connectivity index (χ4v) is 7.28. The van der Waals surface area contributed by atoms with Crippen molar-refractivity contribution in [1.82, 2.24) is 35.6 Å². The van der Waals surface area contributed by atoms with E-state index in [4.69, 9.17) is 23.1 Å². The Hall–Kier alpha value is -0.630. The molecule has 10 nitrogen and oxygen atoms in total. The van der Waals surface area contributed by atoms with Crippen molar-refractivity contribution >= 4 is 17.5 Å². The van der Waals surface area contributed by atoms with Crippen LogP contribution in [-0.4, -0.2) is 147 Å². The van der Waals surface area contributed by atoms with E-state index in [-0.39, 0.29) is 36.5 Å². The second-order valence-corrected chi connectivity index (χ2v) is 12.4. The third-order valence-corrected chi connectivity index (χ3v) is 9.31. The van der Waals surface area contributed by atoms with Crippen LogP contribution in [0, 0.1) is 5.92 Å². The minimum atomic E-state index is -0.975. The van der Waals surface area contributed by atoms with Crippen LogP contribution in [-0.2, 0) is 4.79 Å². The number of piperazine rings is 2. The smallest absolute Gasteiger partial charge is 0.229 e. The number of alkyl halides is 2. The summed E-state index contributed by atoms with van der Waals surface area (Å²) in [5.41, 5.74) is 12.5. The zero-order chi connectivity index (χ0) is 27.2. The van der Waals surface area contributed by atoms with Gasteiger partial charge in [0.05, 0.1) is 29.7 Å². The van der Waals surface area contributed by atoms with Crippen LogP contribution in [0.1, 0.15) is 32.6 Å². The molecule has 4 saturated heterocycles. The maximum Gasteiger partial charge on any atom is 0.229 e. The average molecular weight is 560 g/mol. The van der Waals surface area contributed by atoms with Gasteiger partial charge in [-0.1, -0.05) is 26.2 Å². The fourth-order valence-electron chi connectivity index (χ4n) is 6.84. The molecule has 0 radical (unpaired) electrons. The summed E-state index contributed by atoms with van der Waals surface area (Å²) in [4.78, 5) is 23.3. The average Bonchev–Trinajstić information content (AvgIpc) is 2.87. The number of unbranched alkanes of at least 4 members (excludes halogenated alkanes) is 3. The summed E-state index contributed by atoms with van der Waals surface area (Å²) in [6.07, 6.45) is 2.08. The topological polar surface area (TPSA) is 118 Å². The normalized spacial score (nSPS) is 35.2. The summed E-state index contributed by atoms with van der Waals surface area (Å²) in [6, 6.07) is 0.332. The van der Waals surface area contributed by atoms with Crippen molar-refractivity contribution in [3.05, 3.63) is 0 Å². The molecular formula is C26H51ClFN9O. The van der Waals surface area contributed by atoms with E-state index in [1.165, 1.54) is 0 Å². The summed E-state index contributed by atoms with van der Waals surface area (Å²) in [5.74, 6) is -0.888. The predicted molar refractivity (Wildman–Crippen MR) is 151 cm³/mol. The second-order valence-electron chi connectivity index (χ2n) is 11.8. The highest BCUT2D eigenvalue weighted by atomic mass is 35.5. The van der Waals surface area contributed by atoms with Crippen LogP contribution in [0.25, 0.3) is 0 Å². The maximum absolute atomic E-state index is 14.4. The number of carbonyl (C=O) groups is 1. The highest BCUT2D eigenvalue weighted by Gasteiger charge is 2.44. The number of hydrogen-bond donors (Lipinski definition) is 5. The van der Waals surface area contributed by atoms with Crippen molar-refractivity contribution in [1.29, 1.82) is 0 Å². The van der Waals surface area contributed by atoms with Crippen LogP contribution < -0.4 is 27.4 Å². The molecule has 7 atom stereocenters. The largest absolute Gasteiger partial charge is 0.350 e. The van der Waals surface area contributed by atoms with E-state index in [1.54, 1.807) is 0 Å². The molecule has 0 aromatic rings. The second kappa shape index (κ2) is 14.3. The van der Waals surface area contributed by atoms with E-state index in [0.29, 0.717) is 25.7 Å². The molecule has 4 rings (SSSR count). The molecule has 7 N–H and O–H groups in total. The number of nitrogens with zero attached hydrogens (tertiary/aromatic N) is 4. The number of carbonyl (C=O) groups excluding carboxylic acids is 1. The van der Waals surface area contributed by atoms with Gasteiger partial charge in [0.2, 0.25) is 5.91 Å². The molecule has 4 aliphatic heterocycles. The van der Waals surface area contributed by atoms with Gasteiger partial charge in [-0.25, -0.2) is 4.39 Å². The predicted octanol–water partition coefficient (Wildman–Crippen LogP) is -1.01. The van der Waals surface area contributed by atoms with Gasteiger partial charge in [-0.05, 0) is 20.0 Å². The van der Waals surface area contributed by atoms with Crippen LogP contribution in [0.4, 0.5) is 4.39 Å². The Balaban J connectivity index is 1.44. The summed E-state index contributed by atoms with van der Waals surface area (Å²) in [7, 11) is 2.18. The molecule has 4 fully saturated rings. The summed E-state index contributed by atoms with van der Waals surface area (Å²) >= 11 is 6.92. The lowest BCUT2D eigenvalue weighted by atomic mass is 9.93. The monoisotopic (exact) mass is 559 g/mol. The van der Waals surface area contributed by atoms with E-state index in [2.05, 4.69) is 44.6 Å². The first-order chi connectivity index (χ1) is 18.3. The van der Waals surface area contributed by atoms with E-state index < -0.39 is 24.4 Å². The third kappa shape index (κ3) is 7.55. The first-order valence-electron chi connectivity index (χ1n) is 14.7. The molecule has 0 spiro atoms. The number of rotatable bonds is 10. The molecule has 0 aromatic heterocycles. The zero-order valence-electron chi connectivity index (χ0n) is 23.3. The van der Waals surface area contributed by atoms with Gasteiger partial charge in [0, 0.05) is 77.5 Å². The quantitative estimate of drug-likeness (QED) is 0.130. The molecule has 38 heavy (non-hydrogen) atoms. The van der Waals surface area contributed by atoms with Crippen LogP contribution in [0.15, 0.2) is 0 Å². The summed E-state index contributed by atoms with van der Waals surface area (Å²) < 4.78 is 14.4. The van der Waals surface area contributed by atoms with E-state index in [1.807, 2.05) is 4.90 Å². The lowest BCUT2D eigenvalue weighted by Crippen LogP contribution is -2.71. The standard InChI is InChI=1S/C26H51ClFN9O/c1-3-4-5-6-7-37-15-18(28)12-32-25(37)22(24(29)30)26(38)33-21-14-31-13-20(27)23(21)36-11-10-35-9-8-34(2)16-19(35)17-36/h18-25,31-32H,3-17,29-30H2,1-2H3,(H,33,38). The van der Waals surface area contributed by atoms with Gasteiger partial charge in [-0.3, -0.25) is 24.8 Å². The molecule has 0 aromatic carbocycles. The van der Waals surface area contributed by atoms with Crippen LogP contribution in [0.5, 0.6) is 0 Å². The number of amides is 1. The van der Waals surface area contributed by atoms with Gasteiger partial charge >= 0.3 is 0 Å². The van der Waals surface area contributed by atoms with Crippen molar-refractivity contribution in [2.24, 2.45) is 17.4 Å².